The Morgan fingerprint density at radius 1 is 1.58 bits per heavy atom. The van der Waals surface area contributed by atoms with Crippen LogP contribution in [0.2, 0.25) is 0 Å². The van der Waals surface area contributed by atoms with Gasteiger partial charge < -0.3 is 4.74 Å². The van der Waals surface area contributed by atoms with Crippen molar-refractivity contribution in [2.75, 3.05) is 0 Å². The summed E-state index contributed by atoms with van der Waals surface area (Å²) in [4.78, 5) is 27.5. The average Bonchev–Trinajstić information content (AvgIpc) is 2.81. The lowest BCUT2D eigenvalue weighted by Gasteiger charge is -2.15. The monoisotopic (exact) mass is 266 g/mol. The number of hydrogen-bond acceptors (Lipinski definition) is 5. The Morgan fingerprint density at radius 2 is 2.32 bits per heavy atom. The summed E-state index contributed by atoms with van der Waals surface area (Å²) in [5, 5.41) is 0. The highest BCUT2D eigenvalue weighted by Gasteiger charge is 2.30. The van der Waals surface area contributed by atoms with Crippen LogP contribution in [0.25, 0.3) is 0 Å². The number of nitrogens with zero attached hydrogens (tertiary/aromatic N) is 2. The summed E-state index contributed by atoms with van der Waals surface area (Å²) in [5.74, 6) is 5.40. The van der Waals surface area contributed by atoms with Crippen molar-refractivity contribution in [3.8, 4) is 0 Å². The molecule has 1 aromatic heterocycles. The Labute approximate surface area is 110 Å². The lowest BCUT2D eigenvalue weighted by atomic mass is 10.2. The molecule has 2 unspecified atom stereocenters. The maximum absolute atomic E-state index is 11.9. The van der Waals surface area contributed by atoms with Crippen molar-refractivity contribution in [1.82, 2.24) is 15.0 Å². The number of hydrazine groups is 1. The molecule has 7 heteroatoms. The second kappa shape index (κ2) is 5.50. The molecule has 1 saturated heterocycles. The number of rotatable bonds is 3. The summed E-state index contributed by atoms with van der Waals surface area (Å²) in [7, 11) is 0. The second-order valence-electron chi connectivity index (χ2n) is 4.73. The molecule has 2 atom stereocenters. The van der Waals surface area contributed by atoms with Crippen LogP contribution in [0.5, 0.6) is 0 Å². The molecule has 0 spiro atoms. The Morgan fingerprint density at radius 3 is 2.95 bits per heavy atom. The lowest BCUT2D eigenvalue weighted by Crippen LogP contribution is -2.39. The molecule has 0 saturated carbocycles. The van der Waals surface area contributed by atoms with E-state index < -0.39 is 6.10 Å². The fraction of sp³-hybridized carbons (Fsp3) is 0.583. The first-order valence-electron chi connectivity index (χ1n) is 6.22. The molecule has 1 amide bonds. The second-order valence-corrected chi connectivity index (χ2v) is 4.73. The van der Waals surface area contributed by atoms with E-state index in [-0.39, 0.29) is 17.6 Å². The Kier molecular flexibility index (Phi) is 3.96. The van der Waals surface area contributed by atoms with Gasteiger partial charge in [-0.3, -0.25) is 19.6 Å². The van der Waals surface area contributed by atoms with Crippen LogP contribution in [0.15, 0.2) is 10.9 Å². The summed E-state index contributed by atoms with van der Waals surface area (Å²) in [6.07, 6.45) is 0.645. The minimum absolute atomic E-state index is 0.0969. The summed E-state index contributed by atoms with van der Waals surface area (Å²) >= 11 is 0. The molecule has 0 aromatic carbocycles. The van der Waals surface area contributed by atoms with Gasteiger partial charge in [-0.1, -0.05) is 0 Å². The van der Waals surface area contributed by atoms with Crippen molar-refractivity contribution in [3.63, 3.8) is 0 Å². The topological polar surface area (TPSA) is 99.2 Å². The van der Waals surface area contributed by atoms with Gasteiger partial charge in [-0.05, 0) is 26.7 Å². The van der Waals surface area contributed by atoms with Gasteiger partial charge in [0.05, 0.1) is 12.6 Å². The molecule has 19 heavy (non-hydrogen) atoms. The zero-order valence-corrected chi connectivity index (χ0v) is 11.0. The molecule has 1 aromatic rings. The van der Waals surface area contributed by atoms with Gasteiger partial charge in [0.15, 0.2) is 0 Å². The molecular formula is C12H18N4O3. The van der Waals surface area contributed by atoms with Crippen LogP contribution < -0.4 is 16.8 Å². The number of nitrogens with one attached hydrogen (secondary N) is 1. The third kappa shape index (κ3) is 2.99. The van der Waals surface area contributed by atoms with Crippen molar-refractivity contribution in [2.45, 2.75) is 45.4 Å². The van der Waals surface area contributed by atoms with E-state index in [1.54, 1.807) is 18.4 Å². The first kappa shape index (κ1) is 13.7. The number of aryl methyl sites for hydroxylation is 2. The fourth-order valence-electron chi connectivity index (χ4n) is 2.32. The zero-order chi connectivity index (χ0) is 14.0. The van der Waals surface area contributed by atoms with Crippen LogP contribution in [-0.2, 0) is 16.1 Å². The highest BCUT2D eigenvalue weighted by molar-refractivity contribution is 5.80. The molecule has 3 N–H and O–H groups in total. The van der Waals surface area contributed by atoms with E-state index in [9.17, 15) is 9.59 Å². The molecule has 1 aliphatic rings. The number of aromatic nitrogens is 2. The first-order chi connectivity index (χ1) is 9.01. The zero-order valence-electron chi connectivity index (χ0n) is 11.0. The molecule has 0 bridgehead atoms. The molecule has 2 heterocycles. The van der Waals surface area contributed by atoms with Crippen LogP contribution in [-0.4, -0.2) is 27.7 Å². The van der Waals surface area contributed by atoms with Crippen LogP contribution in [0.3, 0.4) is 0 Å². The van der Waals surface area contributed by atoms with Gasteiger partial charge in [-0.15, -0.1) is 0 Å². The molecule has 1 aliphatic heterocycles. The predicted octanol–water partition coefficient (Wildman–Crippen LogP) is -0.602. The molecule has 0 radical (unpaired) electrons. The third-order valence-electron chi connectivity index (χ3n) is 3.26. The van der Waals surface area contributed by atoms with Gasteiger partial charge in [0.25, 0.3) is 11.5 Å². The van der Waals surface area contributed by atoms with Crippen LogP contribution in [0, 0.1) is 13.8 Å². The van der Waals surface area contributed by atoms with Crippen LogP contribution in [0.1, 0.15) is 24.4 Å². The van der Waals surface area contributed by atoms with E-state index >= 15 is 0 Å². The van der Waals surface area contributed by atoms with Gasteiger partial charge >= 0.3 is 0 Å². The first-order valence-corrected chi connectivity index (χ1v) is 6.22. The maximum Gasteiger partial charge on any atom is 0.263 e. The number of nitrogens with two attached hydrogens (primary N) is 1. The quantitative estimate of drug-likeness (QED) is 0.432. The van der Waals surface area contributed by atoms with Crippen molar-refractivity contribution in [2.24, 2.45) is 5.84 Å². The van der Waals surface area contributed by atoms with E-state index in [0.29, 0.717) is 24.5 Å². The summed E-state index contributed by atoms with van der Waals surface area (Å²) in [6.45, 7) is 3.98. The van der Waals surface area contributed by atoms with Gasteiger partial charge in [0.2, 0.25) is 0 Å². The third-order valence-corrected chi connectivity index (χ3v) is 3.26. The summed E-state index contributed by atoms with van der Waals surface area (Å²) in [6, 6.07) is 1.49. The average molecular weight is 266 g/mol. The largest absolute Gasteiger partial charge is 0.363 e. The minimum Gasteiger partial charge on any atom is -0.363 e. The molecule has 2 rings (SSSR count). The summed E-state index contributed by atoms with van der Waals surface area (Å²) < 4.78 is 7.15. The number of amides is 1. The van der Waals surface area contributed by atoms with Crippen molar-refractivity contribution in [3.05, 3.63) is 27.9 Å². The van der Waals surface area contributed by atoms with Gasteiger partial charge in [0.1, 0.15) is 11.9 Å². The highest BCUT2D eigenvalue weighted by atomic mass is 16.5. The van der Waals surface area contributed by atoms with E-state index in [4.69, 9.17) is 10.6 Å². The Bertz CT molecular complexity index is 540. The molecule has 7 nitrogen and oxygen atoms in total. The van der Waals surface area contributed by atoms with Gasteiger partial charge in [0, 0.05) is 11.8 Å². The fourth-order valence-corrected chi connectivity index (χ4v) is 2.32. The van der Waals surface area contributed by atoms with Crippen LogP contribution in [0.4, 0.5) is 0 Å². The Balaban J connectivity index is 2.08. The van der Waals surface area contributed by atoms with E-state index in [2.05, 4.69) is 10.4 Å². The molecule has 104 valence electrons. The van der Waals surface area contributed by atoms with Crippen molar-refractivity contribution in [1.29, 1.82) is 0 Å². The van der Waals surface area contributed by atoms with Crippen molar-refractivity contribution >= 4 is 5.91 Å². The predicted molar refractivity (Wildman–Crippen MR) is 68.2 cm³/mol. The number of ether oxygens (including phenoxy) is 1. The minimum atomic E-state index is -0.524. The van der Waals surface area contributed by atoms with Crippen molar-refractivity contribution < 1.29 is 9.53 Å². The smallest absolute Gasteiger partial charge is 0.263 e. The standard InChI is InChI=1S/C12H18N4O3/c1-7-5-11(17)16(8(2)14-7)6-9-3-4-10(19-9)12(18)15-13/h5,9-10H,3-4,6,13H2,1-2H3,(H,15,18). The molecular weight excluding hydrogens is 248 g/mol. The van der Waals surface area contributed by atoms with Gasteiger partial charge in [-0.25, -0.2) is 10.8 Å². The van der Waals surface area contributed by atoms with Gasteiger partial charge in [-0.2, -0.15) is 0 Å². The van der Waals surface area contributed by atoms with E-state index in [1.807, 2.05) is 0 Å². The molecule has 0 aliphatic carbocycles. The lowest BCUT2D eigenvalue weighted by molar-refractivity contribution is -0.132. The number of carbonyl (C=O) groups is 1. The number of hydrogen-bond donors (Lipinski definition) is 2. The maximum atomic E-state index is 11.9. The molecule has 1 fully saturated rings. The highest BCUT2D eigenvalue weighted by Crippen LogP contribution is 2.20. The summed E-state index contributed by atoms with van der Waals surface area (Å²) in [5.41, 5.74) is 2.68. The van der Waals surface area contributed by atoms with E-state index in [0.717, 1.165) is 6.42 Å². The normalized spacial score (nSPS) is 22.5. The van der Waals surface area contributed by atoms with Crippen LogP contribution >= 0.6 is 0 Å². The SMILES string of the molecule is Cc1cc(=O)n(CC2CCC(C(=O)NN)O2)c(C)n1. The number of carbonyl (C=O) groups excluding carboxylic acids is 1. The Hall–Kier alpha value is -1.73. The van der Waals surface area contributed by atoms with E-state index in [1.165, 1.54) is 6.07 Å².